The molecule has 1 N–H and O–H groups in total. The Morgan fingerprint density at radius 2 is 0.962 bits per heavy atom. The predicted molar refractivity (Wildman–Crippen MR) is 222 cm³/mol. The molecule has 9 heteroatoms. The molecule has 1 radical (unpaired) electrons. The van der Waals surface area contributed by atoms with E-state index < -0.39 is 0 Å². The second-order valence-electron chi connectivity index (χ2n) is 11.8. The summed E-state index contributed by atoms with van der Waals surface area (Å²) in [5.74, 6) is 0. The second kappa shape index (κ2) is 18.5. The molecule has 0 unspecified atom stereocenters. The molecule has 53 heavy (non-hydrogen) atoms. The number of benzene rings is 4. The van der Waals surface area contributed by atoms with E-state index in [1.54, 1.807) is 23.9 Å². The second-order valence-corrected chi connectivity index (χ2v) is 13.3. The van der Waals surface area contributed by atoms with Gasteiger partial charge in [-0.25, -0.2) is 0 Å². The Kier molecular flexibility index (Phi) is 13.1. The summed E-state index contributed by atoms with van der Waals surface area (Å²) in [4.78, 5) is 4.36. The van der Waals surface area contributed by atoms with E-state index in [4.69, 9.17) is 0 Å². The first-order valence-electron chi connectivity index (χ1n) is 16.9. The molecule has 0 saturated carbocycles. The summed E-state index contributed by atoms with van der Waals surface area (Å²) in [5.41, 5.74) is 11.4. The van der Waals surface area contributed by atoms with E-state index in [0.717, 1.165) is 17.1 Å². The Balaban J connectivity index is 0.000000178. The van der Waals surface area contributed by atoms with Crippen molar-refractivity contribution in [2.45, 2.75) is 0 Å². The molecule has 0 aliphatic carbocycles. The summed E-state index contributed by atoms with van der Waals surface area (Å²) in [5, 5.41) is 7.74. The third-order valence-electron chi connectivity index (χ3n) is 8.42. The van der Waals surface area contributed by atoms with Crippen LogP contribution >= 0.6 is 23.9 Å². The molecule has 0 amide bonds. The summed E-state index contributed by atoms with van der Waals surface area (Å²) in [6.07, 6.45) is 24.2. The van der Waals surface area contributed by atoms with Gasteiger partial charge in [0.25, 0.3) is 0 Å². The van der Waals surface area contributed by atoms with Crippen molar-refractivity contribution >= 4 is 46.7 Å². The molecular weight excluding hydrogens is 733 g/mol. The third kappa shape index (κ3) is 8.90. The number of dihydropyridines is 1. The summed E-state index contributed by atoms with van der Waals surface area (Å²) in [7, 11) is 0. The van der Waals surface area contributed by atoms with Crippen molar-refractivity contribution in [3.8, 4) is 0 Å². The van der Waals surface area contributed by atoms with Crippen LogP contribution in [0.5, 0.6) is 0 Å². The fourth-order valence-corrected chi connectivity index (χ4v) is 7.24. The monoisotopic (exact) mass is 771 g/mol. The van der Waals surface area contributed by atoms with E-state index in [0.29, 0.717) is 0 Å². The molecule has 0 bridgehead atoms. The maximum atomic E-state index is 4.45. The molecular formula is C44H39FeN6S2. The number of allylic oxidation sites excluding steroid dienone is 6. The normalized spacial score (nSPS) is 17.6. The van der Waals surface area contributed by atoms with Gasteiger partial charge < -0.3 is 29.0 Å². The molecule has 4 aliphatic heterocycles. The number of hydrogen-bond acceptors (Lipinski definition) is 7. The Morgan fingerprint density at radius 1 is 0.528 bits per heavy atom. The molecule has 0 fully saturated rings. The molecule has 0 spiro atoms. The molecule has 0 aromatic heterocycles. The number of nitrogens with one attached hydrogen (secondary N) is 1. The van der Waals surface area contributed by atoms with Crippen LogP contribution in [0, 0.1) is 13.3 Å². The molecule has 6 nitrogen and oxygen atoms in total. The first-order valence-corrected chi connectivity index (χ1v) is 19.3. The summed E-state index contributed by atoms with van der Waals surface area (Å²) in [6.45, 7) is 4.25. The topological polar surface area (TPSA) is 39.1 Å². The maximum absolute atomic E-state index is 4.45. The average Bonchev–Trinajstić information content (AvgIpc) is 3.78. The molecule has 265 valence electrons. The first kappa shape index (κ1) is 37.6. The minimum atomic E-state index is 0. The summed E-state index contributed by atoms with van der Waals surface area (Å²) >= 11 is 3.38. The molecule has 4 aliphatic rings. The van der Waals surface area contributed by atoms with Crippen molar-refractivity contribution in [2.75, 3.05) is 12.5 Å². The minimum Gasteiger partial charge on any atom is -0.663 e. The standard InChI is InChI=1S/C22H20N3S.C22H19N3S.Fe/c2*1-26-25-17-24(16-20-14-8-9-15-23-20)21(18-10-4-2-5-11-18)22(25)19-12-6-3-7-13-19;/h2-17,23H,1H3;2-17H,1H3;/q-1;-2;+3/b2*20-16-;. The van der Waals surface area contributed by atoms with Gasteiger partial charge in [0.2, 0.25) is 0 Å². The quantitative estimate of drug-likeness (QED) is 0.109. The Labute approximate surface area is 333 Å². The van der Waals surface area contributed by atoms with Crippen LogP contribution in [0.25, 0.3) is 28.1 Å². The first-order chi connectivity index (χ1) is 25.7. The molecule has 4 aromatic rings. The van der Waals surface area contributed by atoms with Gasteiger partial charge in [-0.1, -0.05) is 170 Å². The van der Waals surface area contributed by atoms with E-state index in [1.165, 1.54) is 39.3 Å². The largest absolute Gasteiger partial charge is 3.00 e. The average molecular weight is 772 g/mol. The van der Waals surface area contributed by atoms with Crippen molar-refractivity contribution in [3.63, 3.8) is 0 Å². The zero-order chi connectivity index (χ0) is 35.5. The minimum absolute atomic E-state index is 0. The van der Waals surface area contributed by atoms with Crippen molar-refractivity contribution in [1.29, 1.82) is 0 Å². The van der Waals surface area contributed by atoms with Gasteiger partial charge >= 0.3 is 17.1 Å². The molecule has 0 atom stereocenters. The van der Waals surface area contributed by atoms with E-state index in [9.17, 15) is 0 Å². The molecule has 8 rings (SSSR count). The Bertz CT molecular complexity index is 1920. The Hall–Kier alpha value is -5.18. The van der Waals surface area contributed by atoms with Crippen molar-refractivity contribution in [3.05, 3.63) is 235 Å². The van der Waals surface area contributed by atoms with E-state index in [2.05, 4.69) is 183 Å². The molecule has 4 aromatic carbocycles. The molecule has 0 saturated heterocycles. The van der Waals surface area contributed by atoms with Crippen LogP contribution in [-0.2, 0) is 17.1 Å². The van der Waals surface area contributed by atoms with Gasteiger partial charge in [-0.3, -0.25) is 0 Å². The maximum Gasteiger partial charge on any atom is 3.00 e. The summed E-state index contributed by atoms with van der Waals surface area (Å²) in [6, 6.07) is 42.1. The number of rotatable bonds is 8. The third-order valence-corrected chi connectivity index (χ3v) is 9.76. The van der Waals surface area contributed by atoms with E-state index in [1.807, 2.05) is 54.9 Å². The van der Waals surface area contributed by atoms with Gasteiger partial charge in [0.05, 0.1) is 5.70 Å². The zero-order valence-corrected chi connectivity index (χ0v) is 32.1. The van der Waals surface area contributed by atoms with Gasteiger partial charge in [0, 0.05) is 29.0 Å². The SMILES string of the molecule is CSN1[CH-]N(/C=C2/C=CC=CN2)C(c2ccccc2)=C1c1ccccc1.CSN1[CH-]N(/C=C2/C=CC=C[N-]2)C(c2ccccc2)=C1c1ccccc1.[Fe+3]. The van der Waals surface area contributed by atoms with Gasteiger partial charge in [0.1, 0.15) is 0 Å². The van der Waals surface area contributed by atoms with E-state index in [-0.39, 0.29) is 17.1 Å². The van der Waals surface area contributed by atoms with Crippen LogP contribution in [0.15, 0.2) is 194 Å². The van der Waals surface area contributed by atoms with Crippen molar-refractivity contribution in [2.24, 2.45) is 0 Å². The number of nitrogens with zero attached hydrogens (tertiary/aromatic N) is 5. The fraction of sp³-hybridized carbons (Fsp3) is 0.0455. The molecule has 4 heterocycles. The summed E-state index contributed by atoms with van der Waals surface area (Å²) < 4.78 is 4.42. The predicted octanol–water partition coefficient (Wildman–Crippen LogP) is 10.9. The van der Waals surface area contributed by atoms with Gasteiger partial charge in [0.15, 0.2) is 0 Å². The van der Waals surface area contributed by atoms with Crippen LogP contribution in [0.4, 0.5) is 0 Å². The smallest absolute Gasteiger partial charge is 0.663 e. The fourth-order valence-electron chi connectivity index (χ4n) is 6.10. The van der Waals surface area contributed by atoms with Crippen LogP contribution < -0.4 is 5.32 Å². The Morgan fingerprint density at radius 3 is 1.36 bits per heavy atom. The van der Waals surface area contributed by atoms with Gasteiger partial charge in [-0.2, -0.15) is 6.20 Å². The van der Waals surface area contributed by atoms with Crippen LogP contribution in [-0.4, -0.2) is 30.9 Å². The number of hydrogen-bond donors (Lipinski definition) is 1. The van der Waals surface area contributed by atoms with Gasteiger partial charge in [-0.15, -0.1) is 19.0 Å². The van der Waals surface area contributed by atoms with Crippen molar-refractivity contribution in [1.82, 2.24) is 23.7 Å². The van der Waals surface area contributed by atoms with E-state index >= 15 is 0 Å². The van der Waals surface area contributed by atoms with Crippen LogP contribution in [0.2, 0.25) is 0 Å². The van der Waals surface area contributed by atoms with Crippen LogP contribution in [0.3, 0.4) is 0 Å². The zero-order valence-electron chi connectivity index (χ0n) is 29.4. The van der Waals surface area contributed by atoms with Gasteiger partial charge in [-0.05, 0) is 59.3 Å². The van der Waals surface area contributed by atoms with Crippen LogP contribution in [0.1, 0.15) is 22.3 Å². The van der Waals surface area contributed by atoms with Crippen molar-refractivity contribution < 1.29 is 17.1 Å².